The van der Waals surface area contributed by atoms with Crippen LogP contribution >= 0.6 is 11.8 Å². The van der Waals surface area contributed by atoms with E-state index in [0.29, 0.717) is 5.82 Å². The van der Waals surface area contributed by atoms with Crippen LogP contribution in [0.2, 0.25) is 0 Å². The van der Waals surface area contributed by atoms with Crippen LogP contribution in [0.25, 0.3) is 11.0 Å². The summed E-state index contributed by atoms with van der Waals surface area (Å²) in [5.74, 6) is 0.581. The van der Waals surface area contributed by atoms with Crippen LogP contribution in [0.1, 0.15) is 24.6 Å². The first-order valence-electron chi connectivity index (χ1n) is 6.22. The molecule has 0 bridgehead atoms. The zero-order valence-corrected chi connectivity index (χ0v) is 12.4. The van der Waals surface area contributed by atoms with Crippen molar-refractivity contribution in [2.45, 2.75) is 32.4 Å². The van der Waals surface area contributed by atoms with E-state index in [1.807, 2.05) is 27.0 Å². The second-order valence-electron chi connectivity index (χ2n) is 4.44. The second-order valence-corrected chi connectivity index (χ2v) is 5.48. The molecule has 0 aliphatic heterocycles. The van der Waals surface area contributed by atoms with E-state index < -0.39 is 0 Å². The van der Waals surface area contributed by atoms with Gasteiger partial charge in [0.15, 0.2) is 0 Å². The molecule has 0 saturated carbocycles. The summed E-state index contributed by atoms with van der Waals surface area (Å²) >= 11 is 1.55. The maximum atomic E-state index is 12.1. The van der Waals surface area contributed by atoms with Gasteiger partial charge in [0.05, 0.1) is 10.6 Å². The minimum atomic E-state index is -0.0506. The van der Waals surface area contributed by atoms with Crippen molar-refractivity contribution in [1.29, 1.82) is 0 Å². The Balaban J connectivity index is 2.38. The van der Waals surface area contributed by atoms with Crippen LogP contribution < -0.4 is 5.32 Å². The Morgan fingerprint density at radius 1 is 1.47 bits per heavy atom. The van der Waals surface area contributed by atoms with Crippen molar-refractivity contribution >= 4 is 34.5 Å². The minimum absolute atomic E-state index is 0.00625. The molecular formula is C13H18N4OS. The number of hydrogen-bond donors (Lipinski definition) is 2. The van der Waals surface area contributed by atoms with E-state index in [1.165, 1.54) is 6.33 Å². The first-order valence-corrected chi connectivity index (χ1v) is 7.50. The summed E-state index contributed by atoms with van der Waals surface area (Å²) in [6, 6.07) is 0. The summed E-state index contributed by atoms with van der Waals surface area (Å²) in [5.41, 5.74) is 2.88. The number of H-pyrrole nitrogens is 1. The molecule has 0 radical (unpaired) electrons. The molecule has 5 nitrogen and oxygen atoms in total. The highest BCUT2D eigenvalue weighted by Gasteiger charge is 2.18. The van der Waals surface area contributed by atoms with E-state index in [1.54, 1.807) is 11.8 Å². The molecule has 2 N–H and O–H groups in total. The molecular weight excluding hydrogens is 260 g/mol. The Bertz CT molecular complexity index is 604. The lowest BCUT2D eigenvalue weighted by atomic mass is 10.2. The lowest BCUT2D eigenvalue weighted by Gasteiger charge is -2.12. The fourth-order valence-corrected chi connectivity index (χ4v) is 2.65. The molecule has 0 unspecified atom stereocenters. The summed E-state index contributed by atoms with van der Waals surface area (Å²) in [7, 11) is 0. The van der Waals surface area contributed by atoms with Gasteiger partial charge in [-0.05, 0) is 32.1 Å². The largest absolute Gasteiger partial charge is 0.343 e. The number of carbonyl (C=O) groups is 1. The SMILES string of the molecule is CC[C@@H](SC)C(=O)Nc1ncnc2[nH]c(C)c(C)c12. The van der Waals surface area contributed by atoms with E-state index in [0.717, 1.165) is 28.7 Å². The van der Waals surface area contributed by atoms with Gasteiger partial charge in [-0.2, -0.15) is 11.8 Å². The third kappa shape index (κ3) is 2.58. The van der Waals surface area contributed by atoms with Crippen LogP contribution in [0.5, 0.6) is 0 Å². The zero-order chi connectivity index (χ0) is 14.0. The lowest BCUT2D eigenvalue weighted by Crippen LogP contribution is -2.24. The van der Waals surface area contributed by atoms with Crippen molar-refractivity contribution in [3.05, 3.63) is 17.6 Å². The van der Waals surface area contributed by atoms with Crippen molar-refractivity contribution in [2.24, 2.45) is 0 Å². The van der Waals surface area contributed by atoms with Gasteiger partial charge >= 0.3 is 0 Å². The van der Waals surface area contributed by atoms with Gasteiger partial charge in [0.1, 0.15) is 17.8 Å². The minimum Gasteiger partial charge on any atom is -0.343 e. The van der Waals surface area contributed by atoms with Crippen LogP contribution in [0, 0.1) is 13.8 Å². The van der Waals surface area contributed by atoms with Crippen molar-refractivity contribution in [2.75, 3.05) is 11.6 Å². The van der Waals surface area contributed by atoms with Gasteiger partial charge in [-0.3, -0.25) is 4.79 Å². The number of aromatic amines is 1. The number of carbonyl (C=O) groups excluding carboxylic acids is 1. The molecule has 102 valence electrons. The fourth-order valence-electron chi connectivity index (χ4n) is 2.05. The Morgan fingerprint density at radius 2 is 2.21 bits per heavy atom. The predicted octanol–water partition coefficient (Wildman–Crippen LogP) is 2.65. The number of fused-ring (bicyclic) bond motifs is 1. The van der Waals surface area contributed by atoms with Crippen LogP contribution in [-0.4, -0.2) is 32.4 Å². The monoisotopic (exact) mass is 278 g/mol. The van der Waals surface area contributed by atoms with Gasteiger partial charge in [0, 0.05) is 5.69 Å². The van der Waals surface area contributed by atoms with E-state index in [4.69, 9.17) is 0 Å². The summed E-state index contributed by atoms with van der Waals surface area (Å²) in [6.45, 7) is 5.99. The number of nitrogens with zero attached hydrogens (tertiary/aromatic N) is 2. The van der Waals surface area contributed by atoms with Crippen molar-refractivity contribution in [1.82, 2.24) is 15.0 Å². The first kappa shape index (κ1) is 13.9. The smallest absolute Gasteiger partial charge is 0.238 e. The molecule has 0 aromatic carbocycles. The molecule has 2 aromatic heterocycles. The molecule has 2 aromatic rings. The molecule has 19 heavy (non-hydrogen) atoms. The lowest BCUT2D eigenvalue weighted by molar-refractivity contribution is -0.115. The van der Waals surface area contributed by atoms with Crippen LogP contribution in [0.15, 0.2) is 6.33 Å². The average Bonchev–Trinajstić information content (AvgIpc) is 2.67. The number of hydrogen-bond acceptors (Lipinski definition) is 4. The van der Waals surface area contributed by atoms with E-state index in [9.17, 15) is 4.79 Å². The van der Waals surface area contributed by atoms with Crippen molar-refractivity contribution < 1.29 is 4.79 Å². The van der Waals surface area contributed by atoms with Gasteiger partial charge in [-0.1, -0.05) is 6.92 Å². The summed E-state index contributed by atoms with van der Waals surface area (Å²) < 4.78 is 0. The third-order valence-electron chi connectivity index (χ3n) is 3.28. The normalized spacial score (nSPS) is 12.6. The number of aromatic nitrogens is 3. The molecule has 1 amide bonds. The molecule has 0 saturated heterocycles. The topological polar surface area (TPSA) is 70.7 Å². The summed E-state index contributed by atoms with van der Waals surface area (Å²) in [6.07, 6.45) is 4.20. The highest BCUT2D eigenvalue weighted by molar-refractivity contribution is 7.99. The molecule has 0 aliphatic rings. The zero-order valence-electron chi connectivity index (χ0n) is 11.6. The molecule has 6 heteroatoms. The standard InChI is InChI=1S/C13H18N4OS/c1-5-9(19-4)13(18)17-12-10-7(2)8(3)16-11(10)14-6-15-12/h6,9H,5H2,1-4H3,(H2,14,15,16,17,18)/t9-/m1/s1. The molecule has 1 atom stereocenters. The first-order chi connectivity index (χ1) is 9.08. The number of amides is 1. The summed E-state index contributed by atoms with van der Waals surface area (Å²) in [4.78, 5) is 23.7. The van der Waals surface area contributed by atoms with Gasteiger partial charge in [-0.25, -0.2) is 9.97 Å². The van der Waals surface area contributed by atoms with E-state index in [-0.39, 0.29) is 11.2 Å². The Labute approximate surface area is 116 Å². The quantitative estimate of drug-likeness (QED) is 0.902. The van der Waals surface area contributed by atoms with E-state index >= 15 is 0 Å². The van der Waals surface area contributed by atoms with Gasteiger partial charge < -0.3 is 10.3 Å². The molecule has 2 rings (SSSR count). The van der Waals surface area contributed by atoms with Crippen molar-refractivity contribution in [3.8, 4) is 0 Å². The second kappa shape index (κ2) is 5.61. The number of nitrogens with one attached hydrogen (secondary N) is 2. The Hall–Kier alpha value is -1.56. The maximum Gasteiger partial charge on any atom is 0.238 e. The average molecular weight is 278 g/mol. The van der Waals surface area contributed by atoms with Crippen molar-refractivity contribution in [3.63, 3.8) is 0 Å². The molecule has 0 spiro atoms. The highest BCUT2D eigenvalue weighted by atomic mass is 32.2. The molecule has 0 fully saturated rings. The Kier molecular flexibility index (Phi) is 4.09. The molecule has 2 heterocycles. The predicted molar refractivity (Wildman–Crippen MR) is 79.6 cm³/mol. The highest BCUT2D eigenvalue weighted by Crippen LogP contribution is 2.26. The number of aryl methyl sites for hydroxylation is 2. The Morgan fingerprint density at radius 3 is 2.84 bits per heavy atom. The van der Waals surface area contributed by atoms with Crippen LogP contribution in [0.4, 0.5) is 5.82 Å². The number of rotatable bonds is 4. The van der Waals surface area contributed by atoms with Crippen LogP contribution in [-0.2, 0) is 4.79 Å². The number of anilines is 1. The van der Waals surface area contributed by atoms with Gasteiger partial charge in [-0.15, -0.1) is 0 Å². The molecule has 0 aliphatic carbocycles. The van der Waals surface area contributed by atoms with E-state index in [2.05, 4.69) is 20.3 Å². The number of thioether (sulfide) groups is 1. The van der Waals surface area contributed by atoms with Gasteiger partial charge in [0.2, 0.25) is 5.91 Å². The fraction of sp³-hybridized carbons (Fsp3) is 0.462. The third-order valence-corrected chi connectivity index (χ3v) is 4.40. The summed E-state index contributed by atoms with van der Waals surface area (Å²) in [5, 5.41) is 3.75. The maximum absolute atomic E-state index is 12.1. The van der Waals surface area contributed by atoms with Crippen LogP contribution in [0.3, 0.4) is 0 Å². The van der Waals surface area contributed by atoms with Gasteiger partial charge in [0.25, 0.3) is 0 Å².